The maximum Gasteiger partial charge on any atom is 0.268 e. The van der Waals surface area contributed by atoms with Crippen molar-refractivity contribution in [2.75, 3.05) is 25.0 Å². The minimum absolute atomic E-state index is 0.0117. The molecule has 2 aliphatic heterocycles. The number of nitrogens with zero attached hydrogens (tertiary/aromatic N) is 2. The van der Waals surface area contributed by atoms with Gasteiger partial charge in [-0.25, -0.2) is 0 Å². The van der Waals surface area contributed by atoms with Gasteiger partial charge in [0, 0.05) is 20.1 Å². The van der Waals surface area contributed by atoms with Crippen LogP contribution in [0.3, 0.4) is 0 Å². The number of amides is 2. The average molecular weight is 302 g/mol. The molecule has 22 heavy (non-hydrogen) atoms. The zero-order valence-corrected chi connectivity index (χ0v) is 13.1. The van der Waals surface area contributed by atoms with Gasteiger partial charge in [0.05, 0.1) is 12.1 Å². The lowest BCUT2D eigenvalue weighted by Crippen LogP contribution is -2.48. The van der Waals surface area contributed by atoms with Crippen molar-refractivity contribution >= 4 is 17.5 Å². The molecule has 0 aromatic heterocycles. The van der Waals surface area contributed by atoms with Crippen LogP contribution in [-0.2, 0) is 9.59 Å². The lowest BCUT2D eigenvalue weighted by molar-refractivity contribution is -0.139. The van der Waals surface area contributed by atoms with E-state index in [4.69, 9.17) is 4.74 Å². The summed E-state index contributed by atoms with van der Waals surface area (Å²) in [5, 5.41) is 0. The molecule has 2 heterocycles. The van der Waals surface area contributed by atoms with Crippen molar-refractivity contribution in [3.8, 4) is 5.75 Å². The molecule has 0 N–H and O–H groups in total. The van der Waals surface area contributed by atoms with Crippen LogP contribution in [0.4, 0.5) is 5.69 Å². The summed E-state index contributed by atoms with van der Waals surface area (Å²) in [6.45, 7) is 3.73. The Hall–Kier alpha value is -2.04. The first-order chi connectivity index (χ1) is 10.6. The highest BCUT2D eigenvalue weighted by Crippen LogP contribution is 2.33. The molecule has 0 radical (unpaired) electrons. The number of ether oxygens (including phenoxy) is 1. The predicted molar refractivity (Wildman–Crippen MR) is 83.9 cm³/mol. The highest BCUT2D eigenvalue weighted by Gasteiger charge is 2.35. The van der Waals surface area contributed by atoms with E-state index in [1.807, 2.05) is 29.2 Å². The lowest BCUT2D eigenvalue weighted by Gasteiger charge is -2.34. The van der Waals surface area contributed by atoms with Gasteiger partial charge in [-0.15, -0.1) is 0 Å². The minimum atomic E-state index is -0.718. The first kappa shape index (κ1) is 14.9. The van der Waals surface area contributed by atoms with Gasteiger partial charge in [-0.3, -0.25) is 9.59 Å². The van der Waals surface area contributed by atoms with Gasteiger partial charge in [-0.1, -0.05) is 19.1 Å². The Morgan fingerprint density at radius 1 is 1.36 bits per heavy atom. The molecule has 5 heteroatoms. The predicted octanol–water partition coefficient (Wildman–Crippen LogP) is 2.06. The first-order valence-corrected chi connectivity index (χ1v) is 7.87. The Morgan fingerprint density at radius 3 is 2.91 bits per heavy atom. The Labute approximate surface area is 130 Å². The Morgan fingerprint density at radius 2 is 2.14 bits per heavy atom. The maximum absolute atomic E-state index is 12.5. The van der Waals surface area contributed by atoms with Gasteiger partial charge in [0.1, 0.15) is 5.75 Å². The second-order valence-electron chi connectivity index (χ2n) is 6.26. The number of carbonyl (C=O) groups is 2. The zero-order chi connectivity index (χ0) is 15.7. The molecule has 0 bridgehead atoms. The minimum Gasteiger partial charge on any atom is -0.478 e. The molecule has 3 rings (SSSR count). The average Bonchev–Trinajstić information content (AvgIpc) is 2.52. The number of anilines is 1. The van der Waals surface area contributed by atoms with Crippen molar-refractivity contribution < 1.29 is 14.3 Å². The summed E-state index contributed by atoms with van der Waals surface area (Å²) in [6, 6.07) is 7.41. The molecular formula is C17H22N2O3. The van der Waals surface area contributed by atoms with Gasteiger partial charge in [-0.05, 0) is 30.9 Å². The molecule has 2 amide bonds. The van der Waals surface area contributed by atoms with Gasteiger partial charge < -0.3 is 14.5 Å². The fraction of sp³-hybridized carbons (Fsp3) is 0.529. The van der Waals surface area contributed by atoms with Crippen molar-refractivity contribution in [3.05, 3.63) is 24.3 Å². The zero-order valence-electron chi connectivity index (χ0n) is 13.1. The number of likely N-dealkylation sites (tertiary alicyclic amines) is 1. The molecule has 5 nitrogen and oxygen atoms in total. The fourth-order valence-electron chi connectivity index (χ4n) is 3.20. The number of para-hydroxylation sites is 2. The summed E-state index contributed by atoms with van der Waals surface area (Å²) in [4.78, 5) is 28.3. The highest BCUT2D eigenvalue weighted by atomic mass is 16.5. The number of hydrogen-bond acceptors (Lipinski definition) is 3. The molecule has 1 fully saturated rings. The number of rotatable bonds is 2. The molecule has 0 aliphatic carbocycles. The van der Waals surface area contributed by atoms with E-state index in [1.54, 1.807) is 11.9 Å². The summed E-state index contributed by atoms with van der Waals surface area (Å²) >= 11 is 0. The smallest absolute Gasteiger partial charge is 0.268 e. The Kier molecular flexibility index (Phi) is 4.05. The molecule has 1 saturated heterocycles. The van der Waals surface area contributed by atoms with E-state index in [1.165, 1.54) is 6.42 Å². The first-order valence-electron chi connectivity index (χ1n) is 7.87. The third kappa shape index (κ3) is 2.80. The Bertz CT molecular complexity index is 587. The van der Waals surface area contributed by atoms with E-state index in [2.05, 4.69) is 6.92 Å². The van der Waals surface area contributed by atoms with E-state index in [0.717, 1.165) is 25.2 Å². The summed E-state index contributed by atoms with van der Waals surface area (Å²) < 4.78 is 5.76. The summed E-state index contributed by atoms with van der Waals surface area (Å²) in [5.74, 6) is 1.05. The molecule has 0 spiro atoms. The van der Waals surface area contributed by atoms with E-state index in [9.17, 15) is 9.59 Å². The van der Waals surface area contributed by atoms with Crippen LogP contribution in [0.2, 0.25) is 0 Å². The third-order valence-electron chi connectivity index (χ3n) is 4.47. The summed E-state index contributed by atoms with van der Waals surface area (Å²) in [7, 11) is 1.73. The van der Waals surface area contributed by atoms with Crippen LogP contribution in [0.25, 0.3) is 0 Å². The lowest BCUT2D eigenvalue weighted by atomic mass is 9.99. The molecule has 1 aromatic rings. The van der Waals surface area contributed by atoms with E-state index >= 15 is 0 Å². The largest absolute Gasteiger partial charge is 0.478 e. The van der Waals surface area contributed by atoms with Gasteiger partial charge in [-0.2, -0.15) is 0 Å². The number of hydrogen-bond donors (Lipinski definition) is 0. The van der Waals surface area contributed by atoms with Crippen molar-refractivity contribution in [2.24, 2.45) is 5.92 Å². The van der Waals surface area contributed by atoms with Crippen molar-refractivity contribution in [1.29, 1.82) is 0 Å². The molecule has 1 aromatic carbocycles. The van der Waals surface area contributed by atoms with E-state index in [-0.39, 0.29) is 18.2 Å². The van der Waals surface area contributed by atoms with Crippen LogP contribution in [-0.4, -0.2) is 43.0 Å². The van der Waals surface area contributed by atoms with Gasteiger partial charge in [0.15, 0.2) is 6.10 Å². The normalized spacial score (nSPS) is 24.7. The number of carbonyl (C=O) groups excluding carboxylic acids is 2. The van der Waals surface area contributed by atoms with Crippen LogP contribution in [0.5, 0.6) is 5.75 Å². The Balaban J connectivity index is 1.70. The number of piperidine rings is 1. The SMILES string of the molecule is CC1CCCN(C(=O)CC2Oc3ccccc3N(C)C2=O)C1. The van der Waals surface area contributed by atoms with Crippen LogP contribution >= 0.6 is 0 Å². The second kappa shape index (κ2) is 5.99. The van der Waals surface area contributed by atoms with Crippen molar-refractivity contribution in [3.63, 3.8) is 0 Å². The number of likely N-dealkylation sites (N-methyl/N-ethyl adjacent to an activating group) is 1. The molecule has 2 unspecified atom stereocenters. The molecule has 0 saturated carbocycles. The second-order valence-corrected chi connectivity index (χ2v) is 6.26. The number of benzene rings is 1. The number of fused-ring (bicyclic) bond motifs is 1. The highest BCUT2D eigenvalue weighted by molar-refractivity contribution is 6.01. The third-order valence-corrected chi connectivity index (χ3v) is 4.47. The van der Waals surface area contributed by atoms with Gasteiger partial charge in [0.2, 0.25) is 5.91 Å². The monoisotopic (exact) mass is 302 g/mol. The topological polar surface area (TPSA) is 49.9 Å². The fourth-order valence-corrected chi connectivity index (χ4v) is 3.20. The molecule has 118 valence electrons. The molecular weight excluding hydrogens is 280 g/mol. The summed E-state index contributed by atoms with van der Waals surface area (Å²) in [6.07, 6.45) is 1.60. The van der Waals surface area contributed by atoms with E-state index < -0.39 is 6.10 Å². The van der Waals surface area contributed by atoms with Crippen molar-refractivity contribution in [2.45, 2.75) is 32.3 Å². The maximum atomic E-state index is 12.5. The quantitative estimate of drug-likeness (QED) is 0.840. The van der Waals surface area contributed by atoms with Crippen LogP contribution in [0, 0.1) is 5.92 Å². The van der Waals surface area contributed by atoms with Crippen LogP contribution < -0.4 is 9.64 Å². The standard InChI is InChI=1S/C17H22N2O3/c1-12-6-5-9-19(11-12)16(20)10-15-17(21)18(2)13-7-3-4-8-14(13)22-15/h3-4,7-8,12,15H,5-6,9-11H2,1-2H3. The van der Waals surface area contributed by atoms with Gasteiger partial charge in [0.25, 0.3) is 5.91 Å². The van der Waals surface area contributed by atoms with Gasteiger partial charge >= 0.3 is 0 Å². The summed E-state index contributed by atoms with van der Waals surface area (Å²) in [5.41, 5.74) is 0.753. The molecule has 2 atom stereocenters. The van der Waals surface area contributed by atoms with Crippen molar-refractivity contribution in [1.82, 2.24) is 4.90 Å². The van der Waals surface area contributed by atoms with Crippen LogP contribution in [0.15, 0.2) is 24.3 Å². The van der Waals surface area contributed by atoms with E-state index in [0.29, 0.717) is 11.7 Å². The van der Waals surface area contributed by atoms with Crippen LogP contribution in [0.1, 0.15) is 26.2 Å². The molecule has 2 aliphatic rings.